The lowest BCUT2D eigenvalue weighted by atomic mass is 9.43. The molecule has 6 saturated carbocycles. The maximum Gasteiger partial charge on any atom is 0.338 e. The van der Waals surface area contributed by atoms with Gasteiger partial charge in [0.05, 0.1) is 66.7 Å². The molecule has 0 amide bonds. The van der Waals surface area contributed by atoms with E-state index in [9.17, 15) is 68.7 Å². The van der Waals surface area contributed by atoms with Crippen molar-refractivity contribution in [2.45, 2.75) is 330 Å². The van der Waals surface area contributed by atoms with Crippen LogP contribution in [-0.4, -0.2) is 228 Å². The normalized spacial score (nSPS) is 39.8. The zero-order valence-corrected chi connectivity index (χ0v) is 82.2. The lowest BCUT2D eigenvalue weighted by Crippen LogP contribution is -2.81. The number of aliphatic hydroxyl groups excluding tert-OH is 2. The molecular weight excluding hydrogens is 1710 g/mol. The van der Waals surface area contributed by atoms with Crippen LogP contribution in [0, 0.1) is 68.0 Å². The Morgan fingerprint density at radius 3 is 1.11 bits per heavy atom. The first-order valence-electron chi connectivity index (χ1n) is 45.8. The maximum atomic E-state index is 15.1. The zero-order chi connectivity index (χ0) is 96.2. The van der Waals surface area contributed by atoms with Crippen molar-refractivity contribution in [2.75, 3.05) is 19.8 Å². The molecule has 3 aromatic carbocycles. The predicted molar refractivity (Wildman–Crippen MR) is 478 cm³/mol. The van der Waals surface area contributed by atoms with E-state index in [2.05, 4.69) is 26.6 Å². The number of fused-ring (bicyclic) bond motifs is 15. The topological polar surface area (TPSA) is 392 Å². The Hall–Kier alpha value is -7.99. The molecule has 0 aromatic heterocycles. The molecule has 0 radical (unpaired) electrons. The first-order chi connectivity index (χ1) is 60.1. The first kappa shape index (κ1) is 99.5. The van der Waals surface area contributed by atoms with E-state index >= 15 is 4.79 Å². The highest BCUT2D eigenvalue weighted by atomic mass is 28.4. The SMILES string of the molecule is CC(=O)O[C@@H]1C(=O)C2=C(C)[C@@H](O[Si](C)(C)C)C[C@@](O)([C@@H](OC(=O)c3ccccc3)C3[C@@]1(C)[C@@H](C)C[C@H]1OC[C@@]31OC(C)=O)C2(C)C.CC(=O)O[C@@H]1[C@H](O)C2=C(C)[C@@H](O)C[C@@](O)([C@@H](OC(=O)c3ccccc3)C3[C@@]1(C)[C@@H](C)C[C@H]1OC[C@@]31OC(C)=O)C2(C)C.CC(=O)O[C@@]12CO[C@@H]1C[C@H](C)[C@@]1(C)CC(=O)C3=C(C)[C@@H](O[Si](C)(C)C)C[C@@](O)([C@@H](OC(=O)c4ccccc4)C12)C3(C)C. The summed E-state index contributed by atoms with van der Waals surface area (Å²) in [7, 11) is -4.40. The van der Waals surface area contributed by atoms with Crippen molar-refractivity contribution >= 4 is 76.0 Å². The number of carbonyl (C=O) groups is 10. The van der Waals surface area contributed by atoms with Gasteiger partial charge in [-0.15, -0.1) is 0 Å². The second-order valence-electron chi connectivity index (χ2n) is 43.6. The molecule has 30 heteroatoms. The molecule has 27 atom stereocenters. The van der Waals surface area contributed by atoms with Crippen LogP contribution in [0.25, 0.3) is 0 Å². The fourth-order valence-corrected chi connectivity index (χ4v) is 28.1. The van der Waals surface area contributed by atoms with Gasteiger partial charge < -0.3 is 86.5 Å². The molecule has 6 bridgehead atoms. The Morgan fingerprint density at radius 1 is 0.408 bits per heavy atom. The van der Waals surface area contributed by atoms with Crippen LogP contribution in [0.4, 0.5) is 0 Å². The van der Waals surface area contributed by atoms with Gasteiger partial charge in [0.25, 0.3) is 0 Å². The molecule has 0 spiro atoms. The van der Waals surface area contributed by atoms with Crippen LogP contribution < -0.4 is 0 Å². The van der Waals surface area contributed by atoms with Crippen molar-refractivity contribution < 1.29 is 134 Å². The Kier molecular flexibility index (Phi) is 26.3. The van der Waals surface area contributed by atoms with Gasteiger partial charge in [0.2, 0.25) is 5.78 Å². The molecule has 9 fully saturated rings. The van der Waals surface area contributed by atoms with Crippen molar-refractivity contribution in [1.82, 2.24) is 0 Å². The largest absolute Gasteiger partial charge is 0.459 e. The van der Waals surface area contributed by atoms with Crippen molar-refractivity contribution in [3.05, 3.63) is 141 Å². The summed E-state index contributed by atoms with van der Waals surface area (Å²) in [6.45, 7) is 46.4. The average molecular weight is 1840 g/mol. The van der Waals surface area contributed by atoms with Gasteiger partial charge >= 0.3 is 47.8 Å². The van der Waals surface area contributed by atoms with Gasteiger partial charge in [-0.3, -0.25) is 33.6 Å². The molecule has 3 saturated heterocycles. The van der Waals surface area contributed by atoms with Crippen LogP contribution in [-0.2, 0) is 94.5 Å². The van der Waals surface area contributed by atoms with E-state index in [0.717, 1.165) is 5.57 Å². The second-order valence-corrected chi connectivity index (χ2v) is 52.5. The van der Waals surface area contributed by atoms with Crippen LogP contribution in [0.3, 0.4) is 0 Å². The Morgan fingerprint density at radius 2 is 0.746 bits per heavy atom. The lowest BCUT2D eigenvalue weighted by molar-refractivity contribution is -0.358. The number of benzene rings is 3. The number of hydrogen-bond acceptors (Lipinski definition) is 28. The second kappa shape index (κ2) is 34.4. The summed E-state index contributed by atoms with van der Waals surface area (Å²) in [6.07, 6.45) is -10.5. The van der Waals surface area contributed by atoms with Gasteiger partial charge in [-0.1, -0.05) is 138 Å². The van der Waals surface area contributed by atoms with Crippen LogP contribution in [0.5, 0.6) is 0 Å². The maximum absolute atomic E-state index is 15.1. The Balaban J connectivity index is 0.000000166. The number of ketones is 2. The van der Waals surface area contributed by atoms with E-state index in [1.807, 2.05) is 88.0 Å². The van der Waals surface area contributed by atoms with E-state index in [-0.39, 0.29) is 85.7 Å². The third-order valence-corrected chi connectivity index (χ3v) is 34.8. The van der Waals surface area contributed by atoms with E-state index in [4.69, 9.17) is 61.0 Å². The first-order valence-corrected chi connectivity index (χ1v) is 52.6. The van der Waals surface area contributed by atoms with Crippen molar-refractivity contribution in [2.24, 2.45) is 68.0 Å². The van der Waals surface area contributed by atoms with Gasteiger partial charge in [-0.2, -0.15) is 0 Å². The molecule has 130 heavy (non-hydrogen) atoms. The van der Waals surface area contributed by atoms with Crippen molar-refractivity contribution in [1.29, 1.82) is 0 Å². The smallest absolute Gasteiger partial charge is 0.338 e. The molecule has 28 nitrogen and oxygen atoms in total. The van der Waals surface area contributed by atoms with Crippen LogP contribution >= 0.6 is 0 Å². The van der Waals surface area contributed by atoms with Gasteiger partial charge in [0.1, 0.15) is 65.6 Å². The summed E-state index contributed by atoms with van der Waals surface area (Å²) in [5.41, 5.74) is -12.6. The third kappa shape index (κ3) is 16.0. The highest BCUT2D eigenvalue weighted by Crippen LogP contribution is 2.71. The van der Waals surface area contributed by atoms with Gasteiger partial charge in [0.15, 0.2) is 45.3 Å². The van der Waals surface area contributed by atoms with Crippen LogP contribution in [0.15, 0.2) is 124 Å². The zero-order valence-electron chi connectivity index (χ0n) is 80.2. The number of hydrogen-bond donors (Lipinski definition) is 5. The molecule has 712 valence electrons. The summed E-state index contributed by atoms with van der Waals surface area (Å²) in [5, 5.41) is 63.0. The number of ether oxygens (including phenoxy) is 11. The van der Waals surface area contributed by atoms with E-state index in [0.29, 0.717) is 47.1 Å². The fourth-order valence-electron chi connectivity index (χ4n) is 25.8. The monoisotopic (exact) mass is 1840 g/mol. The minimum absolute atomic E-state index is 0.0144. The molecular formula is C100H136O28Si2. The molecule has 3 aliphatic heterocycles. The minimum atomic E-state index is -2.26. The minimum Gasteiger partial charge on any atom is -0.459 e. The molecule has 9 aliphatic carbocycles. The summed E-state index contributed by atoms with van der Waals surface area (Å²) in [6, 6.07) is 25.5. The number of esters is 8. The van der Waals surface area contributed by atoms with E-state index < -0.39 is 227 Å². The summed E-state index contributed by atoms with van der Waals surface area (Å²) < 4.78 is 81.1. The summed E-state index contributed by atoms with van der Waals surface area (Å²) in [4.78, 5) is 135. The highest BCUT2D eigenvalue weighted by molar-refractivity contribution is 6.70. The molecule has 3 aromatic rings. The number of Topliss-reactive ketones (excluding diaryl/α,β-unsaturated/α-hetero) is 2. The van der Waals surface area contributed by atoms with Crippen molar-refractivity contribution in [3.8, 4) is 0 Å². The quantitative estimate of drug-likeness (QED) is 0.0408. The molecule has 5 N–H and O–H groups in total. The predicted octanol–water partition coefficient (Wildman–Crippen LogP) is 12.8. The van der Waals surface area contributed by atoms with E-state index in [1.165, 1.54) is 34.6 Å². The van der Waals surface area contributed by atoms with Gasteiger partial charge in [-0.05, 0) is 161 Å². The van der Waals surface area contributed by atoms with Crippen LogP contribution in [0.2, 0.25) is 39.3 Å². The third-order valence-electron chi connectivity index (χ3n) is 32.8. The molecule has 3 unspecified atom stereocenters. The Labute approximate surface area is 764 Å². The number of rotatable bonds is 15. The molecule has 12 aliphatic rings. The lowest BCUT2D eigenvalue weighted by Gasteiger charge is -2.69. The molecule has 3 heterocycles. The van der Waals surface area contributed by atoms with E-state index in [1.54, 1.807) is 120 Å². The molecule has 15 rings (SSSR count). The highest BCUT2D eigenvalue weighted by Gasteiger charge is 2.82. The number of aliphatic hydroxyl groups is 5. The average Bonchev–Trinajstić information content (AvgIpc) is 0.675. The van der Waals surface area contributed by atoms with Crippen molar-refractivity contribution in [3.63, 3.8) is 0 Å². The fraction of sp³-hybridized carbons (Fsp3) is 0.660. The standard InChI is InChI=1S/C35H48O10Si.C33H46O8Si.C32H42O10/c1-19-16-25-34(18-41-25,44-22(4)37)28-30(43-31(39)23-14-12-11-13-15-23)35(40)17-24(45-46(8,9)10)20(2)26(32(35,5)6)27(38)29(33(19,28)7)42-21(3)36;1-19-15-25-32(18-38-25,40-21(3)34)27-28(39-29(36)22-13-11-10-12-14-22)33(37)17-24(41-42(7,8)9)20(2)26(30(33,4)5)23(35)16-31(19,27)6;1-16-13-22-31(15-39-22,42-19(4)34)25-27(41-28(37)20-11-9-8-10-12-20)32(38)14-21(35)17(2)23(29(32,5)6)24(36)26(30(16,25)7)40-18(3)33/h11-15,19,24-25,28-30,40H,16-18H2,1-10H3;10-14,19,24-25,27-28,37H,15-18H2,1-9H3;8-12,16,21-22,24-27,35-36,38H,13-15H2,1-7H3/t19-,24-,25+,28?,29+,30-,33+,34-,35+;19-,24-,25+,27?,28-,31+,32-,33+;16-,21-,22+,24+,25?,26+,27-,30+,31-,32+/m000/s1. The Bertz CT molecular complexity index is 5070. The summed E-state index contributed by atoms with van der Waals surface area (Å²) in [5.74, 6) is -8.92. The van der Waals surface area contributed by atoms with Gasteiger partial charge in [0, 0.05) is 104 Å². The summed E-state index contributed by atoms with van der Waals surface area (Å²) >= 11 is 0. The van der Waals surface area contributed by atoms with Gasteiger partial charge in [-0.25, -0.2) is 14.4 Å². The number of carbonyl (C=O) groups excluding carboxylic acids is 10. The van der Waals surface area contributed by atoms with Crippen LogP contribution in [0.1, 0.15) is 214 Å².